The number of hydrogen-bond donors (Lipinski definition) is 1. The van der Waals surface area contributed by atoms with E-state index in [0.717, 1.165) is 22.1 Å². The molecule has 1 aromatic heterocycles. The average molecular weight is 409 g/mol. The number of thioether (sulfide) groups is 1. The zero-order valence-corrected chi connectivity index (χ0v) is 18.5. The Morgan fingerprint density at radius 3 is 2.34 bits per heavy atom. The van der Waals surface area contributed by atoms with Gasteiger partial charge in [0.15, 0.2) is 11.0 Å². The molecule has 1 heterocycles. The lowest BCUT2D eigenvalue weighted by Gasteiger charge is -2.19. The Morgan fingerprint density at radius 2 is 1.72 bits per heavy atom. The molecule has 0 saturated carbocycles. The van der Waals surface area contributed by atoms with Crippen molar-refractivity contribution in [2.75, 3.05) is 5.75 Å². The molecule has 0 fully saturated rings. The Morgan fingerprint density at radius 1 is 1.07 bits per heavy atom. The number of amides is 1. The van der Waals surface area contributed by atoms with Gasteiger partial charge in [0.1, 0.15) is 0 Å². The molecule has 3 aromatic rings. The zero-order valence-electron chi connectivity index (χ0n) is 17.6. The van der Waals surface area contributed by atoms with Crippen molar-refractivity contribution in [1.29, 1.82) is 0 Å². The van der Waals surface area contributed by atoms with Crippen LogP contribution in [0.25, 0.3) is 11.4 Å². The van der Waals surface area contributed by atoms with Crippen LogP contribution >= 0.6 is 11.8 Å². The summed E-state index contributed by atoms with van der Waals surface area (Å²) < 4.78 is 1.94. The highest BCUT2D eigenvalue weighted by Crippen LogP contribution is 2.27. The van der Waals surface area contributed by atoms with Crippen LogP contribution in [0.5, 0.6) is 0 Å². The van der Waals surface area contributed by atoms with Crippen LogP contribution in [0.1, 0.15) is 44.9 Å². The third kappa shape index (κ3) is 5.26. The summed E-state index contributed by atoms with van der Waals surface area (Å²) in [5, 5.41) is 12.3. The first-order valence-electron chi connectivity index (χ1n) is 9.73. The topological polar surface area (TPSA) is 59.8 Å². The number of nitrogens with one attached hydrogen (secondary N) is 1. The molecule has 0 spiro atoms. The fourth-order valence-corrected chi connectivity index (χ4v) is 3.77. The van der Waals surface area contributed by atoms with Gasteiger partial charge in [-0.1, -0.05) is 87.1 Å². The molecular weight excluding hydrogens is 380 g/mol. The summed E-state index contributed by atoms with van der Waals surface area (Å²) >= 11 is 1.39. The Kier molecular flexibility index (Phi) is 6.42. The van der Waals surface area contributed by atoms with Gasteiger partial charge < -0.3 is 9.88 Å². The van der Waals surface area contributed by atoms with Gasteiger partial charge in [-0.25, -0.2) is 0 Å². The van der Waals surface area contributed by atoms with E-state index in [-0.39, 0.29) is 17.4 Å². The van der Waals surface area contributed by atoms with Crippen molar-refractivity contribution in [3.05, 3.63) is 65.7 Å². The molecule has 1 N–H and O–H groups in total. The molecule has 0 aliphatic heterocycles. The number of carbonyl (C=O) groups is 1. The number of aromatic nitrogens is 3. The monoisotopic (exact) mass is 408 g/mol. The molecule has 152 valence electrons. The van der Waals surface area contributed by atoms with Gasteiger partial charge in [0.05, 0.1) is 11.8 Å². The summed E-state index contributed by atoms with van der Waals surface area (Å²) in [6.45, 7) is 8.58. The predicted octanol–water partition coefficient (Wildman–Crippen LogP) is 4.75. The molecule has 0 aliphatic carbocycles. The first-order valence-corrected chi connectivity index (χ1v) is 10.7. The van der Waals surface area contributed by atoms with E-state index in [1.54, 1.807) is 0 Å². The van der Waals surface area contributed by atoms with E-state index in [0.29, 0.717) is 5.75 Å². The predicted molar refractivity (Wildman–Crippen MR) is 119 cm³/mol. The first kappa shape index (κ1) is 21.1. The minimum Gasteiger partial charge on any atom is -0.349 e. The van der Waals surface area contributed by atoms with Crippen molar-refractivity contribution >= 4 is 17.7 Å². The van der Waals surface area contributed by atoms with Crippen LogP contribution in [0, 0.1) is 0 Å². The highest BCUT2D eigenvalue weighted by atomic mass is 32.2. The summed E-state index contributed by atoms with van der Waals surface area (Å²) in [4.78, 5) is 12.3. The Bertz CT molecular complexity index is 959. The summed E-state index contributed by atoms with van der Waals surface area (Å²) in [6.07, 6.45) is 0. The van der Waals surface area contributed by atoms with Crippen molar-refractivity contribution in [2.24, 2.45) is 7.05 Å². The highest BCUT2D eigenvalue weighted by molar-refractivity contribution is 7.99. The fraction of sp³-hybridized carbons (Fsp3) is 0.348. The summed E-state index contributed by atoms with van der Waals surface area (Å²) in [5.74, 6) is 1.07. The molecule has 0 bridgehead atoms. The second kappa shape index (κ2) is 8.82. The number of nitrogens with zero attached hydrogens (tertiary/aromatic N) is 3. The van der Waals surface area contributed by atoms with Crippen LogP contribution in [0.3, 0.4) is 0 Å². The van der Waals surface area contributed by atoms with Gasteiger partial charge in [-0.05, 0) is 23.5 Å². The quantitative estimate of drug-likeness (QED) is 0.598. The van der Waals surface area contributed by atoms with E-state index in [1.807, 2.05) is 48.9 Å². The molecule has 6 heteroatoms. The van der Waals surface area contributed by atoms with Gasteiger partial charge in [-0.2, -0.15) is 0 Å². The van der Waals surface area contributed by atoms with E-state index in [4.69, 9.17) is 0 Å². The Hall–Kier alpha value is -2.60. The number of benzene rings is 2. The molecule has 3 rings (SSSR count). The van der Waals surface area contributed by atoms with E-state index >= 15 is 0 Å². The first-order chi connectivity index (χ1) is 13.8. The van der Waals surface area contributed by atoms with E-state index in [1.165, 1.54) is 17.3 Å². The minimum absolute atomic E-state index is 0.0227. The molecule has 0 aliphatic rings. The third-order valence-corrected chi connectivity index (χ3v) is 5.87. The average Bonchev–Trinajstić information content (AvgIpc) is 3.07. The van der Waals surface area contributed by atoms with Crippen LogP contribution in [-0.2, 0) is 17.3 Å². The lowest BCUT2D eigenvalue weighted by molar-refractivity contribution is -0.119. The van der Waals surface area contributed by atoms with Crippen molar-refractivity contribution in [2.45, 2.75) is 44.3 Å². The normalized spacial score (nSPS) is 12.6. The van der Waals surface area contributed by atoms with Crippen molar-refractivity contribution in [1.82, 2.24) is 20.1 Å². The van der Waals surface area contributed by atoms with Crippen molar-refractivity contribution in [3.63, 3.8) is 0 Å². The van der Waals surface area contributed by atoms with Gasteiger partial charge >= 0.3 is 0 Å². The van der Waals surface area contributed by atoms with E-state index < -0.39 is 0 Å². The van der Waals surface area contributed by atoms with Gasteiger partial charge in [-0.15, -0.1) is 10.2 Å². The summed E-state index contributed by atoms with van der Waals surface area (Å²) in [7, 11) is 1.93. The van der Waals surface area contributed by atoms with Crippen LogP contribution < -0.4 is 5.32 Å². The van der Waals surface area contributed by atoms with Crippen molar-refractivity contribution in [3.8, 4) is 11.4 Å². The molecular formula is C23H28N4OS. The molecule has 2 aromatic carbocycles. The third-order valence-electron chi connectivity index (χ3n) is 4.85. The molecule has 29 heavy (non-hydrogen) atoms. The van der Waals surface area contributed by atoms with Gasteiger partial charge in [-0.3, -0.25) is 4.79 Å². The Balaban J connectivity index is 1.62. The van der Waals surface area contributed by atoms with Crippen LogP contribution in [0.15, 0.2) is 59.8 Å². The maximum atomic E-state index is 12.3. The van der Waals surface area contributed by atoms with E-state index in [9.17, 15) is 4.79 Å². The molecule has 0 unspecified atom stereocenters. The smallest absolute Gasteiger partial charge is 0.230 e. The second-order valence-corrected chi connectivity index (χ2v) is 9.12. The lowest BCUT2D eigenvalue weighted by atomic mass is 9.87. The molecule has 0 radical (unpaired) electrons. The standard InChI is InChI=1S/C23H28N4OS/c1-16(17-9-7-6-8-10-17)24-20(28)15-29-22-26-25-21(27(22)5)18-11-13-19(14-12-18)23(2,3)4/h6-14,16H,15H2,1-5H3,(H,24,28)/t16-/m0/s1. The number of hydrogen-bond acceptors (Lipinski definition) is 4. The SMILES string of the molecule is C[C@H](NC(=O)CSc1nnc(-c2ccc(C(C)(C)C)cc2)n1C)c1ccccc1. The second-order valence-electron chi connectivity index (χ2n) is 8.18. The molecule has 5 nitrogen and oxygen atoms in total. The highest BCUT2D eigenvalue weighted by Gasteiger charge is 2.16. The fourth-order valence-electron chi connectivity index (χ4n) is 3.05. The number of carbonyl (C=O) groups excluding carboxylic acids is 1. The Labute approximate surface area is 176 Å². The molecule has 0 saturated heterocycles. The van der Waals surface area contributed by atoms with Gasteiger partial charge in [0.25, 0.3) is 0 Å². The van der Waals surface area contributed by atoms with Crippen LogP contribution in [-0.4, -0.2) is 26.4 Å². The van der Waals surface area contributed by atoms with Gasteiger partial charge in [0.2, 0.25) is 5.91 Å². The maximum absolute atomic E-state index is 12.3. The molecule has 1 atom stereocenters. The summed E-state index contributed by atoms with van der Waals surface area (Å²) in [6, 6.07) is 18.3. The van der Waals surface area contributed by atoms with Crippen LogP contribution in [0.2, 0.25) is 0 Å². The van der Waals surface area contributed by atoms with Gasteiger partial charge in [0, 0.05) is 12.6 Å². The zero-order chi connectivity index (χ0) is 21.0. The van der Waals surface area contributed by atoms with Crippen LogP contribution in [0.4, 0.5) is 0 Å². The molecule has 1 amide bonds. The summed E-state index contributed by atoms with van der Waals surface area (Å²) in [5.41, 5.74) is 3.50. The minimum atomic E-state index is -0.0271. The van der Waals surface area contributed by atoms with E-state index in [2.05, 4.69) is 60.6 Å². The number of rotatable bonds is 6. The maximum Gasteiger partial charge on any atom is 0.230 e. The lowest BCUT2D eigenvalue weighted by Crippen LogP contribution is -2.28. The van der Waals surface area contributed by atoms with Crippen molar-refractivity contribution < 1.29 is 4.79 Å². The largest absolute Gasteiger partial charge is 0.349 e.